The highest BCUT2D eigenvalue weighted by Crippen LogP contribution is 2.54. The summed E-state index contributed by atoms with van der Waals surface area (Å²) in [6.07, 6.45) is 1.74. The van der Waals surface area contributed by atoms with Gasteiger partial charge in [-0.05, 0) is 64.1 Å². The first-order valence-electron chi connectivity index (χ1n) is 9.01. The molecule has 0 amide bonds. The average molecular weight is 449 g/mol. The Balaban J connectivity index is 1.60. The standard InChI is InChI=1S/C20H24IN3O/c1-19-8-20(2)11-23(9-19)18(24(10-19)12-20)15-7-13-6-14(25-3)4-5-16(13)22-17(15)21/h4-7,18H,8-12H2,1-3H3. The smallest absolute Gasteiger partial charge is 0.119 e. The van der Waals surface area contributed by atoms with Crippen LogP contribution in [0.4, 0.5) is 0 Å². The van der Waals surface area contributed by atoms with Gasteiger partial charge in [-0.25, -0.2) is 4.98 Å². The maximum atomic E-state index is 5.41. The van der Waals surface area contributed by atoms with Crippen molar-refractivity contribution in [2.75, 3.05) is 33.3 Å². The number of nitrogens with zero attached hydrogens (tertiary/aromatic N) is 3. The molecule has 4 aliphatic rings. The first kappa shape index (κ1) is 16.3. The Bertz CT molecular complexity index is 831. The molecule has 4 nitrogen and oxygen atoms in total. The van der Waals surface area contributed by atoms with Gasteiger partial charge in [0.25, 0.3) is 0 Å². The number of methoxy groups -OCH3 is 1. The minimum absolute atomic E-state index is 0.372. The summed E-state index contributed by atoms with van der Waals surface area (Å²) < 4.78 is 6.54. The van der Waals surface area contributed by atoms with Gasteiger partial charge in [0.2, 0.25) is 0 Å². The van der Waals surface area contributed by atoms with Crippen molar-refractivity contribution >= 4 is 33.5 Å². The van der Waals surface area contributed by atoms with Gasteiger partial charge >= 0.3 is 0 Å². The summed E-state index contributed by atoms with van der Waals surface area (Å²) >= 11 is 2.42. The molecule has 4 saturated heterocycles. The average Bonchev–Trinajstić information content (AvgIpc) is 2.52. The molecular weight excluding hydrogens is 425 g/mol. The number of halogens is 1. The van der Waals surface area contributed by atoms with E-state index in [1.165, 1.54) is 43.5 Å². The Morgan fingerprint density at radius 2 is 1.72 bits per heavy atom. The highest BCUT2D eigenvalue weighted by molar-refractivity contribution is 14.1. The predicted octanol–water partition coefficient (Wildman–Crippen LogP) is 3.89. The predicted molar refractivity (Wildman–Crippen MR) is 108 cm³/mol. The van der Waals surface area contributed by atoms with Crippen LogP contribution in [0.1, 0.15) is 32.0 Å². The normalized spacial score (nSPS) is 39.1. The van der Waals surface area contributed by atoms with Gasteiger partial charge < -0.3 is 4.74 Å². The van der Waals surface area contributed by atoms with Crippen LogP contribution in [0, 0.1) is 14.5 Å². The fraction of sp³-hybridized carbons (Fsp3) is 0.550. The number of pyridine rings is 1. The summed E-state index contributed by atoms with van der Waals surface area (Å²) in [6, 6.07) is 8.48. The molecule has 4 aliphatic heterocycles. The maximum absolute atomic E-state index is 5.41. The van der Waals surface area contributed by atoms with Gasteiger partial charge in [0, 0.05) is 37.1 Å². The Kier molecular flexibility index (Phi) is 3.45. The van der Waals surface area contributed by atoms with E-state index in [-0.39, 0.29) is 0 Å². The lowest BCUT2D eigenvalue weighted by Crippen LogP contribution is -2.70. The molecule has 5 heteroatoms. The molecule has 0 radical (unpaired) electrons. The van der Waals surface area contributed by atoms with Gasteiger partial charge in [0.15, 0.2) is 0 Å². The molecule has 0 spiro atoms. The molecule has 0 aliphatic carbocycles. The van der Waals surface area contributed by atoms with E-state index in [4.69, 9.17) is 9.72 Å². The molecule has 1 aromatic carbocycles. The van der Waals surface area contributed by atoms with E-state index >= 15 is 0 Å². The number of hydrogen-bond acceptors (Lipinski definition) is 4. The van der Waals surface area contributed by atoms with E-state index in [0.29, 0.717) is 17.0 Å². The lowest BCUT2D eigenvalue weighted by atomic mass is 9.63. The first-order valence-corrected chi connectivity index (χ1v) is 10.1. The van der Waals surface area contributed by atoms with Crippen molar-refractivity contribution < 1.29 is 4.74 Å². The highest BCUT2D eigenvalue weighted by atomic mass is 127. The van der Waals surface area contributed by atoms with Crippen LogP contribution in [0.15, 0.2) is 24.3 Å². The minimum Gasteiger partial charge on any atom is -0.497 e. The largest absolute Gasteiger partial charge is 0.497 e. The topological polar surface area (TPSA) is 28.6 Å². The van der Waals surface area contributed by atoms with E-state index in [9.17, 15) is 0 Å². The van der Waals surface area contributed by atoms with Crippen molar-refractivity contribution in [3.8, 4) is 5.75 Å². The number of ether oxygens (including phenoxy) is 1. The molecule has 0 N–H and O–H groups in total. The summed E-state index contributed by atoms with van der Waals surface area (Å²) in [5, 5.41) is 1.17. The highest BCUT2D eigenvalue weighted by Gasteiger charge is 2.56. The third kappa shape index (κ3) is 2.50. The molecule has 25 heavy (non-hydrogen) atoms. The summed E-state index contributed by atoms with van der Waals surface area (Å²) in [7, 11) is 1.72. The molecule has 4 bridgehead atoms. The molecule has 1 aromatic heterocycles. The Hall–Kier alpha value is -0.920. The Morgan fingerprint density at radius 3 is 2.32 bits per heavy atom. The van der Waals surface area contributed by atoms with Crippen molar-refractivity contribution in [2.24, 2.45) is 10.8 Å². The van der Waals surface area contributed by atoms with E-state index in [1.54, 1.807) is 7.11 Å². The second-order valence-corrected chi connectivity index (χ2v) is 9.93. The van der Waals surface area contributed by atoms with Gasteiger partial charge in [-0.1, -0.05) is 13.8 Å². The number of aromatic nitrogens is 1. The quantitative estimate of drug-likeness (QED) is 0.514. The summed E-state index contributed by atoms with van der Waals surface area (Å²) in [5.41, 5.74) is 3.29. The second-order valence-electron chi connectivity index (χ2n) is 8.91. The van der Waals surface area contributed by atoms with Crippen LogP contribution in [0.2, 0.25) is 0 Å². The van der Waals surface area contributed by atoms with Gasteiger partial charge in [0.05, 0.1) is 18.8 Å². The zero-order chi connectivity index (χ0) is 17.4. The van der Waals surface area contributed by atoms with Crippen LogP contribution >= 0.6 is 22.6 Å². The van der Waals surface area contributed by atoms with Crippen LogP contribution < -0.4 is 4.74 Å². The minimum atomic E-state index is 0.372. The monoisotopic (exact) mass is 449 g/mol. The summed E-state index contributed by atoms with van der Waals surface area (Å²) in [5.74, 6) is 0.896. The lowest BCUT2D eigenvalue weighted by molar-refractivity contribution is -0.194. The molecule has 2 aromatic rings. The Labute approximate surface area is 162 Å². The number of piperidine rings is 2. The molecule has 0 atom stereocenters. The van der Waals surface area contributed by atoms with E-state index in [2.05, 4.69) is 64.4 Å². The molecule has 0 saturated carbocycles. The zero-order valence-corrected chi connectivity index (χ0v) is 17.2. The molecule has 0 unspecified atom stereocenters. The molecule has 4 fully saturated rings. The SMILES string of the molecule is COc1ccc2nc(I)c(C3N4CC5(C)CN3CC(C)(C4)C5)cc2c1. The van der Waals surface area contributed by atoms with Gasteiger partial charge in [-0.15, -0.1) is 0 Å². The number of rotatable bonds is 2. The van der Waals surface area contributed by atoms with Crippen molar-refractivity contribution in [1.82, 2.24) is 14.8 Å². The van der Waals surface area contributed by atoms with Crippen LogP contribution in [0.3, 0.4) is 0 Å². The van der Waals surface area contributed by atoms with Crippen molar-refractivity contribution in [3.63, 3.8) is 0 Å². The molecule has 132 valence electrons. The zero-order valence-electron chi connectivity index (χ0n) is 15.1. The van der Waals surface area contributed by atoms with E-state index in [0.717, 1.165) is 15.0 Å². The van der Waals surface area contributed by atoms with Crippen molar-refractivity contribution in [3.05, 3.63) is 33.5 Å². The van der Waals surface area contributed by atoms with Crippen molar-refractivity contribution in [2.45, 2.75) is 26.4 Å². The number of hydrogen-bond donors (Lipinski definition) is 0. The fourth-order valence-corrected chi connectivity index (χ4v) is 6.55. The third-order valence-corrected chi connectivity index (χ3v) is 7.03. The number of benzene rings is 1. The third-order valence-electron chi connectivity index (χ3n) is 6.17. The lowest BCUT2D eigenvalue weighted by Gasteiger charge is -2.66. The van der Waals surface area contributed by atoms with Gasteiger partial charge in [-0.2, -0.15) is 0 Å². The van der Waals surface area contributed by atoms with E-state index in [1.807, 2.05) is 6.07 Å². The second kappa shape index (κ2) is 5.30. The van der Waals surface area contributed by atoms with Crippen molar-refractivity contribution in [1.29, 1.82) is 0 Å². The Morgan fingerprint density at radius 1 is 1.08 bits per heavy atom. The van der Waals surface area contributed by atoms with Crippen LogP contribution in [0.5, 0.6) is 5.75 Å². The van der Waals surface area contributed by atoms with Crippen LogP contribution in [0.25, 0.3) is 10.9 Å². The number of fused-ring (bicyclic) bond motifs is 1. The van der Waals surface area contributed by atoms with Gasteiger partial charge in [0.1, 0.15) is 9.45 Å². The van der Waals surface area contributed by atoms with Gasteiger partial charge in [-0.3, -0.25) is 9.80 Å². The maximum Gasteiger partial charge on any atom is 0.119 e. The first-order chi connectivity index (χ1) is 11.9. The molecule has 5 heterocycles. The summed E-state index contributed by atoms with van der Waals surface area (Å²) in [6.45, 7) is 9.75. The van der Waals surface area contributed by atoms with Crippen LogP contribution in [-0.4, -0.2) is 48.1 Å². The van der Waals surface area contributed by atoms with Crippen LogP contribution in [-0.2, 0) is 0 Å². The summed E-state index contributed by atoms with van der Waals surface area (Å²) in [4.78, 5) is 10.3. The van der Waals surface area contributed by atoms with E-state index < -0.39 is 0 Å². The molecular formula is C20H24IN3O. The fourth-order valence-electron chi connectivity index (χ4n) is 5.85. The molecule has 6 rings (SSSR count).